The van der Waals surface area contributed by atoms with Crippen LogP contribution in [-0.2, 0) is 33.8 Å². The molecule has 0 aliphatic carbocycles. The first-order valence-corrected chi connectivity index (χ1v) is 8.77. The summed E-state index contributed by atoms with van der Waals surface area (Å²) in [5, 5.41) is 0. The lowest BCUT2D eigenvalue weighted by Crippen LogP contribution is -2.45. The molecule has 0 N–H and O–H groups in total. The van der Waals surface area contributed by atoms with Gasteiger partial charge in [-0.25, -0.2) is 0 Å². The van der Waals surface area contributed by atoms with Gasteiger partial charge >= 0.3 is 0 Å². The number of amides is 1. The van der Waals surface area contributed by atoms with E-state index >= 15 is 0 Å². The van der Waals surface area contributed by atoms with Gasteiger partial charge in [-0.1, -0.05) is 54.6 Å². The zero-order valence-corrected chi connectivity index (χ0v) is 14.7. The van der Waals surface area contributed by atoms with E-state index in [2.05, 4.69) is 18.2 Å². The first-order valence-electron chi connectivity index (χ1n) is 8.77. The Balaban J connectivity index is 1.43. The average Bonchev–Trinajstić information content (AvgIpc) is 2.64. The molecule has 25 heavy (non-hydrogen) atoms. The third-order valence-electron chi connectivity index (χ3n) is 4.55. The highest BCUT2D eigenvalue weighted by Gasteiger charge is 2.27. The van der Waals surface area contributed by atoms with Crippen molar-refractivity contribution in [3.63, 3.8) is 0 Å². The quantitative estimate of drug-likeness (QED) is 0.727. The second-order valence-electron chi connectivity index (χ2n) is 6.39. The van der Waals surface area contributed by atoms with Gasteiger partial charge in [-0.15, -0.1) is 0 Å². The molecular weight excluding hydrogens is 314 g/mol. The van der Waals surface area contributed by atoms with E-state index in [1.807, 2.05) is 41.3 Å². The Kier molecular flexibility index (Phi) is 6.20. The summed E-state index contributed by atoms with van der Waals surface area (Å²) in [7, 11) is 0. The molecule has 0 radical (unpaired) electrons. The van der Waals surface area contributed by atoms with E-state index in [4.69, 9.17) is 9.47 Å². The van der Waals surface area contributed by atoms with Gasteiger partial charge in [0.25, 0.3) is 0 Å². The Hall–Kier alpha value is -2.17. The smallest absolute Gasteiger partial charge is 0.220 e. The van der Waals surface area contributed by atoms with Crippen molar-refractivity contribution in [3.05, 3.63) is 71.3 Å². The van der Waals surface area contributed by atoms with Crippen LogP contribution < -0.4 is 0 Å². The third kappa shape index (κ3) is 4.91. The summed E-state index contributed by atoms with van der Waals surface area (Å²) in [5.41, 5.74) is 3.71. The predicted molar refractivity (Wildman–Crippen MR) is 97.1 cm³/mol. The summed E-state index contributed by atoms with van der Waals surface area (Å²) in [6.45, 7) is 4.53. The monoisotopic (exact) mass is 339 g/mol. The molecule has 4 nitrogen and oxygen atoms in total. The van der Waals surface area contributed by atoms with Gasteiger partial charge in [0.05, 0.1) is 32.5 Å². The van der Waals surface area contributed by atoms with Gasteiger partial charge in [0.2, 0.25) is 5.91 Å². The fourth-order valence-electron chi connectivity index (χ4n) is 3.21. The van der Waals surface area contributed by atoms with Crippen molar-refractivity contribution in [3.8, 4) is 0 Å². The lowest BCUT2D eigenvalue weighted by Gasteiger charge is -2.36. The number of hydrogen-bond acceptors (Lipinski definition) is 3. The number of benzene rings is 2. The molecule has 0 saturated heterocycles. The van der Waals surface area contributed by atoms with Gasteiger partial charge in [-0.2, -0.15) is 0 Å². The Morgan fingerprint density at radius 3 is 2.44 bits per heavy atom. The fraction of sp³-hybridized carbons (Fsp3) is 0.381. The summed E-state index contributed by atoms with van der Waals surface area (Å²) < 4.78 is 11.4. The minimum atomic E-state index is 0.0986. The van der Waals surface area contributed by atoms with Crippen LogP contribution in [0.1, 0.15) is 23.6 Å². The van der Waals surface area contributed by atoms with Crippen LogP contribution in [0.3, 0.4) is 0 Å². The van der Waals surface area contributed by atoms with Crippen molar-refractivity contribution in [2.45, 2.75) is 32.5 Å². The molecule has 0 unspecified atom stereocenters. The molecule has 4 heteroatoms. The molecule has 2 aromatic carbocycles. The maximum absolute atomic E-state index is 12.0. The first kappa shape index (κ1) is 17.6. The van der Waals surface area contributed by atoms with Crippen LogP contribution in [0.25, 0.3) is 0 Å². The molecule has 0 spiro atoms. The van der Waals surface area contributed by atoms with E-state index in [1.54, 1.807) is 6.92 Å². The molecule has 1 aliphatic rings. The highest BCUT2D eigenvalue weighted by molar-refractivity contribution is 5.74. The van der Waals surface area contributed by atoms with E-state index in [1.165, 1.54) is 11.1 Å². The first-order chi connectivity index (χ1) is 12.2. The summed E-state index contributed by atoms with van der Waals surface area (Å²) in [4.78, 5) is 13.9. The third-order valence-corrected chi connectivity index (χ3v) is 4.55. The molecule has 0 aromatic heterocycles. The molecule has 132 valence electrons. The van der Waals surface area contributed by atoms with E-state index in [0.717, 1.165) is 12.0 Å². The van der Waals surface area contributed by atoms with Crippen molar-refractivity contribution in [2.24, 2.45) is 0 Å². The highest BCUT2D eigenvalue weighted by atomic mass is 16.5. The number of rotatable bonds is 7. The van der Waals surface area contributed by atoms with Gasteiger partial charge in [0, 0.05) is 13.5 Å². The maximum atomic E-state index is 12.0. The number of carbonyl (C=O) groups is 1. The topological polar surface area (TPSA) is 38.8 Å². The normalized spacial score (nSPS) is 16.5. The van der Waals surface area contributed by atoms with Crippen LogP contribution in [0.4, 0.5) is 0 Å². The second-order valence-corrected chi connectivity index (χ2v) is 6.39. The molecule has 2 aromatic rings. The Morgan fingerprint density at radius 1 is 1.00 bits per heavy atom. The van der Waals surface area contributed by atoms with Gasteiger partial charge in [0.1, 0.15) is 0 Å². The number of ether oxygens (including phenoxy) is 2. The minimum Gasteiger partial charge on any atom is -0.377 e. The zero-order valence-electron chi connectivity index (χ0n) is 14.7. The summed E-state index contributed by atoms with van der Waals surface area (Å²) in [5.74, 6) is 0.100. The van der Waals surface area contributed by atoms with Crippen LogP contribution in [0.15, 0.2) is 54.6 Å². The molecule has 1 atom stereocenters. The van der Waals surface area contributed by atoms with Crippen molar-refractivity contribution >= 4 is 5.91 Å². The zero-order chi connectivity index (χ0) is 17.5. The van der Waals surface area contributed by atoms with Crippen molar-refractivity contribution in [1.82, 2.24) is 4.90 Å². The molecule has 0 bridgehead atoms. The molecule has 0 fully saturated rings. The van der Waals surface area contributed by atoms with Crippen LogP contribution >= 0.6 is 0 Å². The SMILES string of the molecule is CC(=O)N1Cc2ccccc2C[C@H]1COCCOCc1ccccc1. The maximum Gasteiger partial charge on any atom is 0.220 e. The van der Waals surface area contributed by atoms with Crippen molar-refractivity contribution < 1.29 is 14.3 Å². The van der Waals surface area contributed by atoms with Gasteiger partial charge in [-0.05, 0) is 23.1 Å². The van der Waals surface area contributed by atoms with Crippen LogP contribution in [-0.4, -0.2) is 36.7 Å². The van der Waals surface area contributed by atoms with Crippen LogP contribution in [0.5, 0.6) is 0 Å². The van der Waals surface area contributed by atoms with E-state index in [-0.39, 0.29) is 11.9 Å². The fourth-order valence-corrected chi connectivity index (χ4v) is 3.21. The van der Waals surface area contributed by atoms with Crippen molar-refractivity contribution in [2.75, 3.05) is 19.8 Å². The van der Waals surface area contributed by atoms with Gasteiger partial charge in [0.15, 0.2) is 0 Å². The van der Waals surface area contributed by atoms with E-state index in [9.17, 15) is 4.79 Å². The summed E-state index contributed by atoms with van der Waals surface area (Å²) in [6, 6.07) is 18.5. The van der Waals surface area contributed by atoms with E-state index < -0.39 is 0 Å². The average molecular weight is 339 g/mol. The Morgan fingerprint density at radius 2 is 1.68 bits per heavy atom. The molecular formula is C21H25NO3. The minimum absolute atomic E-state index is 0.0986. The number of carbonyl (C=O) groups excluding carboxylic acids is 1. The molecule has 1 heterocycles. The lowest BCUT2D eigenvalue weighted by molar-refractivity contribution is -0.134. The van der Waals surface area contributed by atoms with Crippen molar-refractivity contribution in [1.29, 1.82) is 0 Å². The molecule has 3 rings (SSSR count). The Labute approximate surface area is 149 Å². The number of hydrogen-bond donors (Lipinski definition) is 0. The highest BCUT2D eigenvalue weighted by Crippen LogP contribution is 2.23. The van der Waals surface area contributed by atoms with Gasteiger partial charge < -0.3 is 14.4 Å². The Bertz CT molecular complexity index is 687. The lowest BCUT2D eigenvalue weighted by atomic mass is 9.94. The van der Waals surface area contributed by atoms with E-state index in [0.29, 0.717) is 33.0 Å². The van der Waals surface area contributed by atoms with Crippen LogP contribution in [0.2, 0.25) is 0 Å². The van der Waals surface area contributed by atoms with Crippen LogP contribution in [0, 0.1) is 0 Å². The van der Waals surface area contributed by atoms with Gasteiger partial charge in [-0.3, -0.25) is 4.79 Å². The summed E-state index contributed by atoms with van der Waals surface area (Å²) in [6.07, 6.45) is 0.848. The predicted octanol–water partition coefficient (Wildman–Crippen LogP) is 3.19. The summed E-state index contributed by atoms with van der Waals surface area (Å²) >= 11 is 0. The second kappa shape index (κ2) is 8.79. The standard InChI is InChI=1S/C21H25NO3/c1-17(23)22-14-20-10-6-5-9-19(20)13-21(22)16-25-12-11-24-15-18-7-3-2-4-8-18/h2-10,21H,11-16H2,1H3/t21-/m0/s1. The largest absolute Gasteiger partial charge is 0.377 e. The molecule has 1 aliphatic heterocycles. The molecule has 1 amide bonds. The number of fused-ring (bicyclic) bond motifs is 1. The number of nitrogens with zero attached hydrogens (tertiary/aromatic N) is 1. The molecule has 0 saturated carbocycles.